The number of rotatable bonds is 6. The van der Waals surface area contributed by atoms with Gasteiger partial charge in [0.1, 0.15) is 0 Å². The molecule has 0 bridgehead atoms. The highest BCUT2D eigenvalue weighted by Crippen LogP contribution is 2.12. The number of aromatic nitrogens is 2. The van der Waals surface area contributed by atoms with Crippen molar-refractivity contribution in [3.63, 3.8) is 0 Å². The number of thiocarbonyl (C=S) groups is 1. The van der Waals surface area contributed by atoms with E-state index in [1.165, 1.54) is 0 Å². The molecule has 0 aliphatic heterocycles. The Balaban J connectivity index is 2.21. The SMILES string of the molecule is CNC(=S)NCCSCc1noc(N=C(N)N)n1. The molecule has 10 heteroatoms. The van der Waals surface area contributed by atoms with Gasteiger partial charge >= 0.3 is 6.01 Å². The van der Waals surface area contributed by atoms with Crippen LogP contribution in [0, 0.1) is 0 Å². The fourth-order valence-corrected chi connectivity index (χ4v) is 1.74. The Morgan fingerprint density at radius 3 is 3.00 bits per heavy atom. The molecule has 6 N–H and O–H groups in total. The van der Waals surface area contributed by atoms with E-state index in [1.807, 2.05) is 0 Å². The molecule has 18 heavy (non-hydrogen) atoms. The molecule has 1 rings (SSSR count). The third kappa shape index (κ3) is 5.68. The Bertz CT molecular complexity index is 415. The molecule has 0 fully saturated rings. The number of nitrogens with one attached hydrogen (secondary N) is 2. The molecule has 0 radical (unpaired) electrons. The Morgan fingerprint density at radius 2 is 2.33 bits per heavy atom. The number of nitrogens with two attached hydrogens (primary N) is 2. The number of hydrogen-bond donors (Lipinski definition) is 4. The smallest absolute Gasteiger partial charge is 0.350 e. The molecule has 0 aliphatic carbocycles. The summed E-state index contributed by atoms with van der Waals surface area (Å²) in [5.41, 5.74) is 10.4. The van der Waals surface area contributed by atoms with Crippen molar-refractivity contribution in [3.8, 4) is 0 Å². The Kier molecular flexibility index (Phi) is 6.22. The van der Waals surface area contributed by atoms with Gasteiger partial charge in [0.15, 0.2) is 16.9 Å². The second-order valence-corrected chi connectivity index (χ2v) is 4.60. The lowest BCUT2D eigenvalue weighted by Crippen LogP contribution is -2.33. The Morgan fingerprint density at radius 1 is 1.56 bits per heavy atom. The van der Waals surface area contributed by atoms with Gasteiger partial charge in [0.05, 0.1) is 5.75 Å². The van der Waals surface area contributed by atoms with E-state index in [0.717, 1.165) is 12.3 Å². The molecule has 0 atom stereocenters. The topological polar surface area (TPSA) is 127 Å². The summed E-state index contributed by atoms with van der Waals surface area (Å²) in [4.78, 5) is 7.64. The predicted molar refractivity (Wildman–Crippen MR) is 75.6 cm³/mol. The molecule has 1 aromatic rings. The van der Waals surface area contributed by atoms with Gasteiger partial charge in [0, 0.05) is 19.3 Å². The summed E-state index contributed by atoms with van der Waals surface area (Å²) < 4.78 is 4.82. The lowest BCUT2D eigenvalue weighted by atomic mass is 10.7. The molecule has 0 spiro atoms. The Labute approximate surface area is 114 Å². The first-order chi connectivity index (χ1) is 8.61. The molecule has 8 nitrogen and oxygen atoms in total. The largest absolute Gasteiger partial charge is 0.370 e. The molecule has 0 aromatic carbocycles. The molecule has 0 saturated carbocycles. The fourth-order valence-electron chi connectivity index (χ4n) is 0.948. The fraction of sp³-hybridized carbons (Fsp3) is 0.500. The summed E-state index contributed by atoms with van der Waals surface area (Å²) in [7, 11) is 1.77. The van der Waals surface area contributed by atoms with Crippen LogP contribution in [0.1, 0.15) is 5.82 Å². The summed E-state index contributed by atoms with van der Waals surface area (Å²) in [5.74, 6) is 1.93. The molecule has 0 amide bonds. The van der Waals surface area contributed by atoms with Crippen molar-refractivity contribution < 1.29 is 4.52 Å². The van der Waals surface area contributed by atoms with Crippen LogP contribution in [-0.2, 0) is 5.75 Å². The summed E-state index contributed by atoms with van der Waals surface area (Å²) in [6.07, 6.45) is 0. The van der Waals surface area contributed by atoms with Crippen molar-refractivity contribution in [3.05, 3.63) is 5.82 Å². The lowest BCUT2D eigenvalue weighted by molar-refractivity contribution is 0.423. The van der Waals surface area contributed by atoms with Crippen molar-refractivity contribution in [2.45, 2.75) is 5.75 Å². The zero-order valence-corrected chi connectivity index (χ0v) is 11.5. The van der Waals surface area contributed by atoms with Crippen LogP contribution in [0.4, 0.5) is 6.01 Å². The first-order valence-corrected chi connectivity index (χ1v) is 6.63. The highest BCUT2D eigenvalue weighted by molar-refractivity contribution is 7.98. The molecular weight excluding hydrogens is 274 g/mol. The highest BCUT2D eigenvalue weighted by atomic mass is 32.2. The predicted octanol–water partition coefficient (Wildman–Crippen LogP) is -0.698. The summed E-state index contributed by atoms with van der Waals surface area (Å²) >= 11 is 6.58. The van der Waals surface area contributed by atoms with Gasteiger partial charge in [-0.2, -0.15) is 21.7 Å². The van der Waals surface area contributed by atoms with Crippen LogP contribution >= 0.6 is 24.0 Å². The summed E-state index contributed by atoms with van der Waals surface area (Å²) in [5, 5.41) is 10.2. The van der Waals surface area contributed by atoms with E-state index in [1.54, 1.807) is 18.8 Å². The van der Waals surface area contributed by atoms with Gasteiger partial charge in [-0.3, -0.25) is 0 Å². The zero-order chi connectivity index (χ0) is 13.4. The van der Waals surface area contributed by atoms with Crippen molar-refractivity contribution in [2.75, 3.05) is 19.3 Å². The van der Waals surface area contributed by atoms with Gasteiger partial charge in [0.2, 0.25) is 0 Å². The van der Waals surface area contributed by atoms with Gasteiger partial charge in [0.25, 0.3) is 0 Å². The molecule has 0 aliphatic rings. The normalized spacial score (nSPS) is 9.83. The number of thioether (sulfide) groups is 1. The highest BCUT2D eigenvalue weighted by Gasteiger charge is 2.05. The van der Waals surface area contributed by atoms with Gasteiger partial charge in [-0.25, -0.2) is 0 Å². The van der Waals surface area contributed by atoms with Gasteiger partial charge in [-0.1, -0.05) is 5.16 Å². The van der Waals surface area contributed by atoms with Crippen LogP contribution in [0.3, 0.4) is 0 Å². The second kappa shape index (κ2) is 7.71. The van der Waals surface area contributed by atoms with Gasteiger partial charge < -0.3 is 26.6 Å². The van der Waals surface area contributed by atoms with E-state index in [4.69, 9.17) is 28.2 Å². The van der Waals surface area contributed by atoms with Gasteiger partial charge in [-0.15, -0.1) is 0 Å². The number of aliphatic imine (C=N–C) groups is 1. The monoisotopic (exact) mass is 289 g/mol. The van der Waals surface area contributed by atoms with E-state index in [-0.39, 0.29) is 12.0 Å². The van der Waals surface area contributed by atoms with E-state index in [2.05, 4.69) is 25.8 Å². The van der Waals surface area contributed by atoms with Crippen LogP contribution in [0.5, 0.6) is 0 Å². The molecular formula is C8H15N7OS2. The standard InChI is InChI=1S/C8H15N7OS2/c1-11-8(17)12-2-3-18-4-5-13-7(16-15-5)14-6(9)10/h2-4H2,1H3,(H2,11,12,17)(H4,9,10,13,14,15). The van der Waals surface area contributed by atoms with Crippen LogP contribution in [-0.4, -0.2) is 40.6 Å². The maximum Gasteiger partial charge on any atom is 0.350 e. The molecule has 0 saturated heterocycles. The average Bonchev–Trinajstić information content (AvgIpc) is 2.75. The molecule has 100 valence electrons. The minimum Gasteiger partial charge on any atom is -0.370 e. The van der Waals surface area contributed by atoms with Crippen molar-refractivity contribution in [1.82, 2.24) is 20.8 Å². The first kappa shape index (κ1) is 14.5. The molecule has 0 unspecified atom stereocenters. The lowest BCUT2D eigenvalue weighted by Gasteiger charge is -2.05. The molecule has 1 aromatic heterocycles. The van der Waals surface area contributed by atoms with Crippen molar-refractivity contribution >= 4 is 41.1 Å². The summed E-state index contributed by atoms with van der Waals surface area (Å²) in [6, 6.07) is 0.0695. The van der Waals surface area contributed by atoms with E-state index in [0.29, 0.717) is 16.7 Å². The van der Waals surface area contributed by atoms with E-state index >= 15 is 0 Å². The first-order valence-electron chi connectivity index (χ1n) is 5.07. The average molecular weight is 289 g/mol. The van der Waals surface area contributed by atoms with E-state index < -0.39 is 0 Å². The minimum atomic E-state index is -0.109. The maximum absolute atomic E-state index is 5.18. The van der Waals surface area contributed by atoms with Crippen LogP contribution < -0.4 is 22.1 Å². The van der Waals surface area contributed by atoms with Crippen molar-refractivity contribution in [2.24, 2.45) is 16.5 Å². The van der Waals surface area contributed by atoms with Crippen LogP contribution in [0.25, 0.3) is 0 Å². The third-order valence-corrected chi connectivity index (χ3v) is 2.98. The van der Waals surface area contributed by atoms with Crippen molar-refractivity contribution in [1.29, 1.82) is 0 Å². The number of guanidine groups is 1. The quantitative estimate of drug-likeness (QED) is 0.233. The zero-order valence-electron chi connectivity index (χ0n) is 9.84. The summed E-state index contributed by atoms with van der Waals surface area (Å²) in [6.45, 7) is 0.767. The van der Waals surface area contributed by atoms with Gasteiger partial charge in [-0.05, 0) is 12.2 Å². The van der Waals surface area contributed by atoms with E-state index in [9.17, 15) is 0 Å². The minimum absolute atomic E-state index is 0.0695. The molecule has 1 heterocycles. The van der Waals surface area contributed by atoms with Crippen LogP contribution in [0.15, 0.2) is 9.52 Å². The number of hydrogen-bond acceptors (Lipinski definition) is 6. The maximum atomic E-state index is 5.18. The Hall–Kier alpha value is -1.55. The third-order valence-electron chi connectivity index (χ3n) is 1.67. The number of nitrogens with zero attached hydrogens (tertiary/aromatic N) is 3. The second-order valence-electron chi connectivity index (χ2n) is 3.09. The van der Waals surface area contributed by atoms with Crippen LogP contribution in [0.2, 0.25) is 0 Å².